The van der Waals surface area contributed by atoms with Gasteiger partial charge in [0.15, 0.2) is 0 Å². The van der Waals surface area contributed by atoms with E-state index in [1.165, 1.54) is 0 Å². The van der Waals surface area contributed by atoms with Crippen molar-refractivity contribution >= 4 is 5.97 Å². The number of nitrogens with zero attached hydrogens (tertiary/aromatic N) is 2. The van der Waals surface area contributed by atoms with Crippen molar-refractivity contribution in [2.45, 2.75) is 32.4 Å². The van der Waals surface area contributed by atoms with Crippen molar-refractivity contribution in [2.75, 3.05) is 26.8 Å². The summed E-state index contributed by atoms with van der Waals surface area (Å²) >= 11 is 0. The molecular weight excluding hydrogens is 290 g/mol. The predicted octanol–water partition coefficient (Wildman–Crippen LogP) is -0.133. The van der Waals surface area contributed by atoms with Gasteiger partial charge in [0.2, 0.25) is 0 Å². The minimum absolute atomic E-state index is 0.145. The fourth-order valence-electron chi connectivity index (χ4n) is 2.68. The van der Waals surface area contributed by atoms with Gasteiger partial charge in [-0.15, -0.1) is 0 Å². The van der Waals surface area contributed by atoms with Crippen LogP contribution < -0.4 is 11.2 Å². The number of methoxy groups -OCH3 is 1. The molecule has 0 unspecified atom stereocenters. The summed E-state index contributed by atoms with van der Waals surface area (Å²) < 4.78 is 5.97. The van der Waals surface area contributed by atoms with Gasteiger partial charge in [-0.05, 0) is 32.4 Å². The van der Waals surface area contributed by atoms with Crippen LogP contribution >= 0.6 is 0 Å². The standard InChI is InChI=1S/C14H21N3O5/c1-22-8-4-7-17-12(18)10(9-16-5-2-3-6-16)11(13(19)20)15-14(17)21/h2-9H2,1H3,(H,15,21)(H,19,20). The lowest BCUT2D eigenvalue weighted by atomic mass is 10.2. The lowest BCUT2D eigenvalue weighted by molar-refractivity contribution is 0.0686. The number of carbonyl (C=O) groups is 1. The number of H-pyrrole nitrogens is 1. The topological polar surface area (TPSA) is 105 Å². The minimum Gasteiger partial charge on any atom is -0.477 e. The SMILES string of the molecule is COCCCn1c(=O)[nH]c(C(=O)O)c(CN2CCCC2)c1=O. The number of hydrogen-bond acceptors (Lipinski definition) is 5. The molecule has 1 saturated heterocycles. The van der Waals surface area contributed by atoms with E-state index in [0.717, 1.165) is 30.5 Å². The van der Waals surface area contributed by atoms with E-state index in [4.69, 9.17) is 4.74 Å². The molecule has 2 N–H and O–H groups in total. The van der Waals surface area contributed by atoms with Crippen molar-refractivity contribution in [2.24, 2.45) is 0 Å². The van der Waals surface area contributed by atoms with E-state index in [0.29, 0.717) is 13.0 Å². The van der Waals surface area contributed by atoms with Gasteiger partial charge in [-0.1, -0.05) is 0 Å². The first-order chi connectivity index (χ1) is 10.5. The van der Waals surface area contributed by atoms with Crippen molar-refractivity contribution < 1.29 is 14.6 Å². The molecule has 8 heteroatoms. The third-order valence-electron chi connectivity index (χ3n) is 3.81. The zero-order valence-electron chi connectivity index (χ0n) is 12.6. The largest absolute Gasteiger partial charge is 0.477 e. The molecule has 0 amide bonds. The monoisotopic (exact) mass is 311 g/mol. The zero-order valence-corrected chi connectivity index (χ0v) is 12.6. The summed E-state index contributed by atoms with van der Waals surface area (Å²) in [6.07, 6.45) is 2.58. The molecule has 2 heterocycles. The Morgan fingerprint density at radius 1 is 1.32 bits per heavy atom. The van der Waals surface area contributed by atoms with Gasteiger partial charge in [-0.2, -0.15) is 0 Å². The third kappa shape index (κ3) is 3.63. The average Bonchev–Trinajstić information content (AvgIpc) is 2.98. The van der Waals surface area contributed by atoms with Gasteiger partial charge in [0, 0.05) is 26.8 Å². The van der Waals surface area contributed by atoms with Crippen LogP contribution in [-0.2, 0) is 17.8 Å². The number of hydrogen-bond donors (Lipinski definition) is 2. The van der Waals surface area contributed by atoms with Crippen LogP contribution in [0.25, 0.3) is 0 Å². The predicted molar refractivity (Wildman–Crippen MR) is 79.3 cm³/mol. The van der Waals surface area contributed by atoms with Crippen LogP contribution in [0.3, 0.4) is 0 Å². The summed E-state index contributed by atoms with van der Waals surface area (Å²) in [5.41, 5.74) is -1.37. The maximum Gasteiger partial charge on any atom is 0.352 e. The van der Waals surface area contributed by atoms with Crippen LogP contribution in [0, 0.1) is 0 Å². The first-order valence-electron chi connectivity index (χ1n) is 7.35. The van der Waals surface area contributed by atoms with E-state index in [2.05, 4.69) is 4.98 Å². The average molecular weight is 311 g/mol. The molecule has 0 saturated carbocycles. The van der Waals surface area contributed by atoms with Crippen molar-refractivity contribution in [3.05, 3.63) is 32.1 Å². The fraction of sp³-hybridized carbons (Fsp3) is 0.643. The Balaban J connectivity index is 2.38. The number of aromatic amines is 1. The third-order valence-corrected chi connectivity index (χ3v) is 3.81. The van der Waals surface area contributed by atoms with Crippen LogP contribution in [0.5, 0.6) is 0 Å². The number of carboxylic acid groups (broad SMARTS) is 1. The maximum atomic E-state index is 12.5. The fourth-order valence-corrected chi connectivity index (χ4v) is 2.68. The highest BCUT2D eigenvalue weighted by molar-refractivity contribution is 5.86. The summed E-state index contributed by atoms with van der Waals surface area (Å²) in [4.78, 5) is 40.1. The van der Waals surface area contributed by atoms with Crippen LogP contribution in [0.4, 0.5) is 0 Å². The lowest BCUT2D eigenvalue weighted by Crippen LogP contribution is -2.41. The summed E-state index contributed by atoms with van der Waals surface area (Å²) in [6, 6.07) is 0. The van der Waals surface area contributed by atoms with Gasteiger partial charge in [0.1, 0.15) is 5.69 Å². The Morgan fingerprint density at radius 2 is 2.00 bits per heavy atom. The summed E-state index contributed by atoms with van der Waals surface area (Å²) in [5.74, 6) is -1.28. The maximum absolute atomic E-state index is 12.5. The summed E-state index contributed by atoms with van der Waals surface area (Å²) in [7, 11) is 1.54. The molecule has 0 radical (unpaired) electrons. The zero-order chi connectivity index (χ0) is 16.1. The Hall–Kier alpha value is -1.93. The highest BCUT2D eigenvalue weighted by Crippen LogP contribution is 2.12. The molecule has 1 aromatic rings. The molecule has 22 heavy (non-hydrogen) atoms. The number of aromatic nitrogens is 2. The molecule has 2 rings (SSSR count). The molecule has 122 valence electrons. The van der Waals surface area contributed by atoms with Crippen LogP contribution in [-0.4, -0.2) is 52.3 Å². The van der Waals surface area contributed by atoms with E-state index in [1.54, 1.807) is 7.11 Å². The molecule has 0 spiro atoms. The van der Waals surface area contributed by atoms with Crippen molar-refractivity contribution in [3.8, 4) is 0 Å². The number of nitrogens with one attached hydrogen (secondary N) is 1. The molecule has 0 aromatic carbocycles. The Bertz CT molecular complexity index is 643. The molecule has 1 aliphatic rings. The number of rotatable bonds is 7. The Kier molecular flexibility index (Phi) is 5.51. The van der Waals surface area contributed by atoms with Gasteiger partial charge < -0.3 is 14.8 Å². The number of likely N-dealkylation sites (tertiary alicyclic amines) is 1. The Labute approximate surface area is 127 Å². The molecule has 1 fully saturated rings. The van der Waals surface area contributed by atoms with Gasteiger partial charge in [0.25, 0.3) is 5.56 Å². The van der Waals surface area contributed by atoms with Crippen LogP contribution in [0.15, 0.2) is 9.59 Å². The normalized spacial score (nSPS) is 15.3. The van der Waals surface area contributed by atoms with Crippen molar-refractivity contribution in [3.63, 3.8) is 0 Å². The Morgan fingerprint density at radius 3 is 2.59 bits per heavy atom. The molecule has 1 aliphatic heterocycles. The van der Waals surface area contributed by atoms with Gasteiger partial charge >= 0.3 is 11.7 Å². The highest BCUT2D eigenvalue weighted by Gasteiger charge is 2.22. The van der Waals surface area contributed by atoms with Crippen LogP contribution in [0.1, 0.15) is 35.3 Å². The van der Waals surface area contributed by atoms with E-state index in [1.807, 2.05) is 4.90 Å². The highest BCUT2D eigenvalue weighted by atomic mass is 16.5. The van der Waals surface area contributed by atoms with Crippen molar-refractivity contribution in [1.82, 2.24) is 14.5 Å². The van der Waals surface area contributed by atoms with Gasteiger partial charge in [-0.25, -0.2) is 9.59 Å². The number of carboxylic acids is 1. The van der Waals surface area contributed by atoms with E-state index < -0.39 is 17.2 Å². The second kappa shape index (κ2) is 7.37. The molecule has 0 atom stereocenters. The smallest absolute Gasteiger partial charge is 0.352 e. The quantitative estimate of drug-likeness (QED) is 0.680. The van der Waals surface area contributed by atoms with Crippen molar-refractivity contribution in [1.29, 1.82) is 0 Å². The first-order valence-corrected chi connectivity index (χ1v) is 7.35. The van der Waals surface area contributed by atoms with Gasteiger partial charge in [-0.3, -0.25) is 14.3 Å². The lowest BCUT2D eigenvalue weighted by Gasteiger charge is -2.16. The van der Waals surface area contributed by atoms with Crippen LogP contribution in [0.2, 0.25) is 0 Å². The molecule has 0 bridgehead atoms. The minimum atomic E-state index is -1.28. The van der Waals surface area contributed by atoms with E-state index in [9.17, 15) is 19.5 Å². The molecule has 1 aromatic heterocycles. The first kappa shape index (κ1) is 16.4. The molecule has 8 nitrogen and oxygen atoms in total. The second-order valence-corrected chi connectivity index (χ2v) is 5.38. The second-order valence-electron chi connectivity index (χ2n) is 5.38. The summed E-state index contributed by atoms with van der Waals surface area (Å²) in [5, 5.41) is 9.24. The number of ether oxygens (including phenoxy) is 1. The van der Waals surface area contributed by atoms with E-state index in [-0.39, 0.29) is 24.3 Å². The number of aromatic carboxylic acids is 1. The molecule has 0 aliphatic carbocycles. The van der Waals surface area contributed by atoms with E-state index >= 15 is 0 Å². The summed E-state index contributed by atoms with van der Waals surface area (Å²) in [6.45, 7) is 2.55. The molecular formula is C14H21N3O5. The van der Waals surface area contributed by atoms with Gasteiger partial charge in [0.05, 0.1) is 5.56 Å².